The van der Waals surface area contributed by atoms with Crippen LogP contribution >= 0.6 is 22.9 Å². The van der Waals surface area contributed by atoms with Crippen molar-refractivity contribution in [2.45, 2.75) is 19.8 Å². The second-order valence-electron chi connectivity index (χ2n) is 1.24. The Morgan fingerprint density at radius 1 is 1.57 bits per heavy atom. The number of halogens is 1. The third kappa shape index (κ3) is 11.3. The quantitative estimate of drug-likeness (QED) is 0.316. The summed E-state index contributed by atoms with van der Waals surface area (Å²) in [7, 11) is 0. The Morgan fingerprint density at radius 3 is 2.29 bits per heavy atom. The van der Waals surface area contributed by atoms with Crippen molar-refractivity contribution in [1.29, 1.82) is 0 Å². The Balaban J connectivity index is 0. The van der Waals surface area contributed by atoms with Crippen molar-refractivity contribution < 1.29 is 0 Å². The molecular formula is C4H12INPb. The SMILES string of the molecule is CCCCNI.[PbH2]. The Bertz CT molecular complexity index is 23.7. The van der Waals surface area contributed by atoms with Gasteiger partial charge in [-0.15, -0.1) is 0 Å². The first-order valence-corrected chi connectivity index (χ1v) is 3.33. The molecular weight excluding hydrogens is 396 g/mol. The standard InChI is InChI=1S/C4H10IN.Pb.2H/c1-2-3-4-6-5;;;/h6H,2-4H2,1H3;;;. The molecule has 0 aliphatic carbocycles. The van der Waals surface area contributed by atoms with Crippen LogP contribution in [0.5, 0.6) is 0 Å². The molecule has 1 nitrogen and oxygen atoms in total. The van der Waals surface area contributed by atoms with Gasteiger partial charge in [-0.1, -0.05) is 13.3 Å². The van der Waals surface area contributed by atoms with Crippen LogP contribution < -0.4 is 3.53 Å². The maximum atomic E-state index is 3.04. The monoisotopic (exact) mass is 409 g/mol. The predicted molar refractivity (Wildman–Crippen MR) is 45.5 cm³/mol. The van der Waals surface area contributed by atoms with E-state index in [0.29, 0.717) is 0 Å². The molecule has 1 N–H and O–H groups in total. The van der Waals surface area contributed by atoms with Gasteiger partial charge in [-0.25, -0.2) is 0 Å². The van der Waals surface area contributed by atoms with Crippen molar-refractivity contribution in [3.63, 3.8) is 0 Å². The molecule has 44 valence electrons. The molecule has 0 aromatic carbocycles. The van der Waals surface area contributed by atoms with Crippen LogP contribution in [0, 0.1) is 0 Å². The molecule has 0 saturated carbocycles. The average Bonchev–Trinajstić information content (AvgIpc) is 1.61. The summed E-state index contributed by atoms with van der Waals surface area (Å²) in [5.74, 6) is 0. The molecule has 0 fully saturated rings. The first kappa shape index (κ1) is 11.4. The zero-order chi connectivity index (χ0) is 4.83. The van der Waals surface area contributed by atoms with E-state index in [1.54, 1.807) is 0 Å². The van der Waals surface area contributed by atoms with Crippen LogP contribution in [-0.2, 0) is 0 Å². The summed E-state index contributed by atoms with van der Waals surface area (Å²) in [4.78, 5) is 0. The van der Waals surface area contributed by atoms with E-state index in [4.69, 9.17) is 0 Å². The fraction of sp³-hybridized carbons (Fsp3) is 1.00. The fourth-order valence-corrected chi connectivity index (χ4v) is 0.625. The molecule has 0 bridgehead atoms. The van der Waals surface area contributed by atoms with Gasteiger partial charge in [-0.2, -0.15) is 0 Å². The normalized spacial score (nSPS) is 7.71. The van der Waals surface area contributed by atoms with Gasteiger partial charge in [0.2, 0.25) is 0 Å². The van der Waals surface area contributed by atoms with Crippen LogP contribution in [0.25, 0.3) is 0 Å². The summed E-state index contributed by atoms with van der Waals surface area (Å²) in [6.07, 6.45) is 2.58. The van der Waals surface area contributed by atoms with Crippen molar-refractivity contribution in [2.24, 2.45) is 0 Å². The number of nitrogens with one attached hydrogen (secondary N) is 1. The second-order valence-corrected chi connectivity index (χ2v) is 2.00. The van der Waals surface area contributed by atoms with Gasteiger partial charge in [-0.05, 0) is 6.42 Å². The van der Waals surface area contributed by atoms with Gasteiger partial charge in [-0.3, -0.25) is 3.53 Å². The summed E-state index contributed by atoms with van der Waals surface area (Å²) in [5, 5.41) is 0. The summed E-state index contributed by atoms with van der Waals surface area (Å²) >= 11 is 2.16. The molecule has 0 aromatic heterocycles. The Labute approximate surface area is 79.3 Å². The molecule has 3 heteroatoms. The molecule has 0 heterocycles. The Hall–Kier alpha value is 1.61. The topological polar surface area (TPSA) is 12.0 Å². The molecule has 0 amide bonds. The first-order chi connectivity index (χ1) is 2.91. The van der Waals surface area contributed by atoms with Crippen LogP contribution in [0.15, 0.2) is 0 Å². The molecule has 0 aliphatic rings. The van der Waals surface area contributed by atoms with Gasteiger partial charge < -0.3 is 0 Å². The van der Waals surface area contributed by atoms with E-state index in [1.165, 1.54) is 12.8 Å². The third-order valence-corrected chi connectivity index (χ3v) is 1.16. The molecule has 0 rings (SSSR count). The first-order valence-electron chi connectivity index (χ1n) is 2.25. The molecule has 0 spiro atoms. The van der Waals surface area contributed by atoms with Crippen molar-refractivity contribution >= 4 is 50.2 Å². The van der Waals surface area contributed by atoms with Gasteiger partial charge in [0.05, 0.1) is 0 Å². The molecule has 7 heavy (non-hydrogen) atoms. The van der Waals surface area contributed by atoms with Crippen molar-refractivity contribution in [3.05, 3.63) is 0 Å². The predicted octanol–water partition coefficient (Wildman–Crippen LogP) is 0.810. The Morgan fingerprint density at radius 2 is 2.14 bits per heavy atom. The van der Waals surface area contributed by atoms with Gasteiger partial charge in [0, 0.05) is 29.4 Å². The molecule has 0 atom stereocenters. The Kier molecular flexibility index (Phi) is 17.2. The van der Waals surface area contributed by atoms with Crippen molar-refractivity contribution in [1.82, 2.24) is 3.53 Å². The van der Waals surface area contributed by atoms with E-state index in [1.807, 2.05) is 0 Å². The summed E-state index contributed by atoms with van der Waals surface area (Å²) in [5.41, 5.74) is 0. The number of hydrogen-bond donors (Lipinski definition) is 1. The van der Waals surface area contributed by atoms with E-state index in [-0.39, 0.29) is 27.3 Å². The molecule has 0 aliphatic heterocycles. The number of hydrogen-bond acceptors (Lipinski definition) is 1. The van der Waals surface area contributed by atoms with E-state index in [0.717, 1.165) is 6.54 Å². The summed E-state index contributed by atoms with van der Waals surface area (Å²) < 4.78 is 3.04. The van der Waals surface area contributed by atoms with Gasteiger partial charge in [0.25, 0.3) is 0 Å². The number of unbranched alkanes of at least 4 members (excludes halogenated alkanes) is 1. The van der Waals surface area contributed by atoms with Crippen molar-refractivity contribution in [3.8, 4) is 0 Å². The van der Waals surface area contributed by atoms with E-state index < -0.39 is 0 Å². The molecule has 2 radical (unpaired) electrons. The van der Waals surface area contributed by atoms with Crippen LogP contribution in [-0.4, -0.2) is 33.8 Å². The molecule has 0 aromatic rings. The van der Waals surface area contributed by atoms with Crippen LogP contribution in [0.2, 0.25) is 0 Å². The minimum absolute atomic E-state index is 0. The average molecular weight is 408 g/mol. The van der Waals surface area contributed by atoms with E-state index in [9.17, 15) is 0 Å². The summed E-state index contributed by atoms with van der Waals surface area (Å²) in [6.45, 7) is 3.34. The fourth-order valence-electron chi connectivity index (χ4n) is 0.244. The minimum atomic E-state index is 0. The zero-order valence-electron chi connectivity index (χ0n) is 4.71. The third-order valence-electron chi connectivity index (χ3n) is 0.625. The van der Waals surface area contributed by atoms with Crippen LogP contribution in [0.1, 0.15) is 19.8 Å². The van der Waals surface area contributed by atoms with E-state index in [2.05, 4.69) is 33.3 Å². The van der Waals surface area contributed by atoms with Crippen LogP contribution in [0.3, 0.4) is 0 Å². The van der Waals surface area contributed by atoms with Gasteiger partial charge in [0.1, 0.15) is 0 Å². The second kappa shape index (κ2) is 10.6. The molecule has 0 unspecified atom stereocenters. The van der Waals surface area contributed by atoms with Gasteiger partial charge >= 0.3 is 27.3 Å². The van der Waals surface area contributed by atoms with Crippen molar-refractivity contribution in [2.75, 3.05) is 6.54 Å². The van der Waals surface area contributed by atoms with Crippen LogP contribution in [0.4, 0.5) is 0 Å². The van der Waals surface area contributed by atoms with E-state index >= 15 is 0 Å². The maximum absolute atomic E-state index is 3.04. The van der Waals surface area contributed by atoms with Gasteiger partial charge in [0.15, 0.2) is 0 Å². The zero-order valence-corrected chi connectivity index (χ0v) is 12.4. The molecule has 0 saturated heterocycles. The number of rotatable bonds is 3. The summed E-state index contributed by atoms with van der Waals surface area (Å²) in [6, 6.07) is 0.